The van der Waals surface area contributed by atoms with Crippen LogP contribution in [0.5, 0.6) is 0 Å². The minimum absolute atomic E-state index is 0.291. The van der Waals surface area contributed by atoms with Gasteiger partial charge in [0.25, 0.3) is 5.91 Å². The average Bonchev–Trinajstić information content (AvgIpc) is 3.57. The van der Waals surface area contributed by atoms with Gasteiger partial charge >= 0.3 is 0 Å². The third-order valence-electron chi connectivity index (χ3n) is 6.21. The molecule has 1 amide bonds. The highest BCUT2D eigenvalue weighted by molar-refractivity contribution is 7.99. The van der Waals surface area contributed by atoms with Gasteiger partial charge in [0.2, 0.25) is 0 Å². The Balaban J connectivity index is 1.21. The number of carbonyl (C=O) groups excluding carboxylic acids is 1. The van der Waals surface area contributed by atoms with Crippen molar-refractivity contribution in [3.63, 3.8) is 0 Å². The number of pyridine rings is 1. The molecule has 1 fully saturated rings. The zero-order chi connectivity index (χ0) is 25.9. The molecule has 38 heavy (non-hydrogen) atoms. The number of morpholine rings is 1. The number of fused-ring (bicyclic) bond motifs is 1. The fraction of sp³-hybridized carbons (Fsp3) is 0.185. The third-order valence-corrected chi connectivity index (χ3v) is 7.49. The quantitative estimate of drug-likeness (QED) is 0.256. The minimum atomic E-state index is -0.291. The molecule has 9 nitrogen and oxygen atoms in total. The van der Waals surface area contributed by atoms with E-state index < -0.39 is 0 Å². The van der Waals surface area contributed by atoms with E-state index in [0.29, 0.717) is 32.8 Å². The van der Waals surface area contributed by atoms with Crippen LogP contribution in [-0.4, -0.2) is 62.3 Å². The zero-order valence-corrected chi connectivity index (χ0v) is 21.9. The van der Waals surface area contributed by atoms with Gasteiger partial charge in [-0.25, -0.2) is 9.97 Å². The van der Waals surface area contributed by atoms with Crippen LogP contribution >= 0.6 is 23.4 Å². The highest BCUT2D eigenvalue weighted by Crippen LogP contribution is 2.31. The second-order valence-electron chi connectivity index (χ2n) is 8.84. The summed E-state index contributed by atoms with van der Waals surface area (Å²) in [5.74, 6) is 0.281. The van der Waals surface area contributed by atoms with E-state index in [1.165, 1.54) is 17.3 Å². The Hall–Kier alpha value is -3.70. The maximum Gasteiger partial charge on any atom is 0.258 e. The lowest BCUT2D eigenvalue weighted by Crippen LogP contribution is -2.35. The number of aromatic nitrogens is 5. The number of hydrogen-bond donors (Lipinski definition) is 3. The van der Waals surface area contributed by atoms with Gasteiger partial charge in [0, 0.05) is 41.9 Å². The largest absolute Gasteiger partial charge is 0.379 e. The van der Waals surface area contributed by atoms with E-state index in [1.807, 2.05) is 30.3 Å². The number of ether oxygens (including phenoxy) is 1. The normalized spacial score (nSPS) is 14.1. The second kappa shape index (κ2) is 11.0. The smallest absolute Gasteiger partial charge is 0.258 e. The SMILES string of the molecule is O=C(Nc1c[nH]nc1-c1nc2cc(CN3CCOCC3)ccc2[nH]1)c1cccnc1Sc1ccc(Cl)cc1. The van der Waals surface area contributed by atoms with Crippen molar-refractivity contribution >= 4 is 46.0 Å². The van der Waals surface area contributed by atoms with Crippen LogP contribution in [0, 0.1) is 0 Å². The summed E-state index contributed by atoms with van der Waals surface area (Å²) in [6, 6.07) is 17.1. The Labute approximate surface area is 228 Å². The molecule has 192 valence electrons. The van der Waals surface area contributed by atoms with Crippen molar-refractivity contribution in [2.24, 2.45) is 0 Å². The monoisotopic (exact) mass is 545 g/mol. The molecule has 5 aromatic rings. The van der Waals surface area contributed by atoms with Gasteiger partial charge in [-0.15, -0.1) is 0 Å². The molecule has 1 saturated heterocycles. The molecule has 0 radical (unpaired) electrons. The van der Waals surface area contributed by atoms with Crippen molar-refractivity contribution in [1.29, 1.82) is 0 Å². The van der Waals surface area contributed by atoms with E-state index in [0.717, 1.165) is 48.8 Å². The van der Waals surface area contributed by atoms with Crippen LogP contribution in [0.15, 0.2) is 76.9 Å². The lowest BCUT2D eigenvalue weighted by molar-refractivity contribution is 0.0342. The van der Waals surface area contributed by atoms with E-state index in [1.54, 1.807) is 24.5 Å². The summed E-state index contributed by atoms with van der Waals surface area (Å²) in [5.41, 5.74) is 4.45. The van der Waals surface area contributed by atoms with Gasteiger partial charge in [-0.2, -0.15) is 5.10 Å². The zero-order valence-electron chi connectivity index (χ0n) is 20.3. The number of nitrogens with zero attached hydrogens (tertiary/aromatic N) is 4. The molecule has 0 saturated carbocycles. The van der Waals surface area contributed by atoms with Crippen LogP contribution in [-0.2, 0) is 11.3 Å². The Bertz CT molecular complexity index is 1580. The highest BCUT2D eigenvalue weighted by Gasteiger charge is 2.19. The molecule has 0 spiro atoms. The Morgan fingerprint density at radius 1 is 1.13 bits per heavy atom. The molecular formula is C27H24ClN7O2S. The second-order valence-corrected chi connectivity index (χ2v) is 10.3. The van der Waals surface area contributed by atoms with Crippen LogP contribution in [0.3, 0.4) is 0 Å². The van der Waals surface area contributed by atoms with E-state index in [9.17, 15) is 4.79 Å². The van der Waals surface area contributed by atoms with Gasteiger partial charge in [-0.1, -0.05) is 29.4 Å². The number of anilines is 1. The predicted molar refractivity (Wildman–Crippen MR) is 148 cm³/mol. The Morgan fingerprint density at radius 3 is 2.82 bits per heavy atom. The van der Waals surface area contributed by atoms with Crippen molar-refractivity contribution < 1.29 is 9.53 Å². The molecule has 1 aliphatic rings. The number of nitrogens with one attached hydrogen (secondary N) is 3. The fourth-order valence-electron chi connectivity index (χ4n) is 4.29. The number of aromatic amines is 2. The van der Waals surface area contributed by atoms with Crippen LogP contribution < -0.4 is 5.32 Å². The predicted octanol–water partition coefficient (Wildman–Crippen LogP) is 5.24. The Morgan fingerprint density at radius 2 is 1.97 bits per heavy atom. The summed E-state index contributed by atoms with van der Waals surface area (Å²) in [5, 5.41) is 11.4. The summed E-state index contributed by atoms with van der Waals surface area (Å²) >= 11 is 7.40. The van der Waals surface area contributed by atoms with E-state index >= 15 is 0 Å². The molecule has 4 heterocycles. The number of halogens is 1. The molecule has 0 aliphatic carbocycles. The van der Waals surface area contributed by atoms with Crippen LogP contribution in [0.1, 0.15) is 15.9 Å². The molecule has 0 bridgehead atoms. The number of amides is 1. The number of rotatable bonds is 7. The van der Waals surface area contributed by atoms with Crippen LogP contribution in [0.4, 0.5) is 5.69 Å². The number of imidazole rings is 1. The molecule has 2 aromatic carbocycles. The van der Waals surface area contributed by atoms with Crippen LogP contribution in [0.25, 0.3) is 22.6 Å². The molecule has 6 rings (SSSR count). The van der Waals surface area contributed by atoms with Gasteiger partial charge in [0.05, 0.1) is 35.5 Å². The summed E-state index contributed by atoms with van der Waals surface area (Å²) < 4.78 is 5.45. The molecular weight excluding hydrogens is 522 g/mol. The third kappa shape index (κ3) is 5.44. The van der Waals surface area contributed by atoms with E-state index in [-0.39, 0.29) is 5.91 Å². The summed E-state index contributed by atoms with van der Waals surface area (Å²) in [4.78, 5) is 29.1. The minimum Gasteiger partial charge on any atom is -0.379 e. The highest BCUT2D eigenvalue weighted by atomic mass is 35.5. The average molecular weight is 546 g/mol. The van der Waals surface area contributed by atoms with Crippen molar-refractivity contribution in [2.45, 2.75) is 16.5 Å². The first-order chi connectivity index (χ1) is 18.6. The first kappa shape index (κ1) is 24.6. The van der Waals surface area contributed by atoms with Gasteiger partial charge in [-0.3, -0.25) is 14.8 Å². The van der Waals surface area contributed by atoms with Gasteiger partial charge in [0.1, 0.15) is 5.03 Å². The molecule has 3 N–H and O–H groups in total. The van der Waals surface area contributed by atoms with Gasteiger partial charge in [-0.05, 0) is 54.1 Å². The maximum absolute atomic E-state index is 13.3. The number of hydrogen-bond acceptors (Lipinski definition) is 7. The number of benzene rings is 2. The standard InChI is InChI=1S/C27H24ClN7O2S/c28-18-4-6-19(7-5-18)38-27-20(2-1-9-29-27)26(36)33-23-15-30-34-24(23)25-31-21-8-3-17(14-22(21)32-25)16-35-10-12-37-13-11-35/h1-9,14-15H,10-13,16H2,(H,30,34)(H,31,32)(H,33,36). The molecule has 0 atom stereocenters. The lowest BCUT2D eigenvalue weighted by Gasteiger charge is -2.26. The summed E-state index contributed by atoms with van der Waals surface area (Å²) in [6.07, 6.45) is 3.31. The summed E-state index contributed by atoms with van der Waals surface area (Å²) in [6.45, 7) is 4.24. The van der Waals surface area contributed by atoms with Crippen molar-refractivity contribution in [2.75, 3.05) is 31.6 Å². The lowest BCUT2D eigenvalue weighted by atomic mass is 10.2. The van der Waals surface area contributed by atoms with Gasteiger partial charge < -0.3 is 15.0 Å². The molecule has 3 aromatic heterocycles. The van der Waals surface area contributed by atoms with Crippen LogP contribution in [0.2, 0.25) is 5.02 Å². The first-order valence-corrected chi connectivity index (χ1v) is 13.3. The fourth-order valence-corrected chi connectivity index (χ4v) is 5.30. The maximum atomic E-state index is 13.3. The first-order valence-electron chi connectivity index (χ1n) is 12.1. The summed E-state index contributed by atoms with van der Waals surface area (Å²) in [7, 11) is 0. The van der Waals surface area contributed by atoms with E-state index in [4.69, 9.17) is 21.3 Å². The molecule has 0 unspecified atom stereocenters. The van der Waals surface area contributed by atoms with Crippen molar-refractivity contribution in [1.82, 2.24) is 30.0 Å². The van der Waals surface area contributed by atoms with Gasteiger partial charge in [0.15, 0.2) is 11.5 Å². The Kier molecular flexibility index (Phi) is 7.10. The van der Waals surface area contributed by atoms with Crippen molar-refractivity contribution in [3.8, 4) is 11.5 Å². The molecule has 1 aliphatic heterocycles. The topological polar surface area (TPSA) is 112 Å². The number of H-pyrrole nitrogens is 2. The van der Waals surface area contributed by atoms with E-state index in [2.05, 4.69) is 42.5 Å². The molecule has 11 heteroatoms. The number of carbonyl (C=O) groups is 1. The van der Waals surface area contributed by atoms with Crippen molar-refractivity contribution in [3.05, 3.63) is 83.1 Å².